The van der Waals surface area contributed by atoms with Gasteiger partial charge < -0.3 is 10.6 Å². The lowest BCUT2D eigenvalue weighted by molar-refractivity contribution is -0.106. The molecule has 14 heavy (non-hydrogen) atoms. The maximum Gasteiger partial charge on any atom is 0.211 e. The molecule has 0 aliphatic rings. The molecule has 2 amide bonds. The average molecular weight is 233 g/mol. The van der Waals surface area contributed by atoms with E-state index in [1.54, 1.807) is 0 Å². The van der Waals surface area contributed by atoms with Gasteiger partial charge in [0, 0.05) is 0 Å². The highest BCUT2D eigenvalue weighted by Crippen LogP contribution is 2.31. The first-order valence-corrected chi connectivity index (χ1v) is 4.34. The van der Waals surface area contributed by atoms with Gasteiger partial charge in [0.15, 0.2) is 0 Å². The highest BCUT2D eigenvalue weighted by Gasteiger charge is 2.05. The first-order chi connectivity index (χ1) is 6.69. The van der Waals surface area contributed by atoms with Crippen molar-refractivity contribution in [3.8, 4) is 0 Å². The number of hydrogen-bond donors (Lipinski definition) is 2. The Morgan fingerprint density at radius 2 is 1.29 bits per heavy atom. The van der Waals surface area contributed by atoms with Gasteiger partial charge in [-0.2, -0.15) is 0 Å². The van der Waals surface area contributed by atoms with Crippen molar-refractivity contribution in [3.05, 3.63) is 22.2 Å². The Morgan fingerprint density at radius 3 is 1.57 bits per heavy atom. The molecule has 0 aliphatic heterocycles. The molecular weight excluding hydrogens is 227 g/mol. The fraction of sp³-hybridized carbons (Fsp3) is 0. The molecule has 0 spiro atoms. The second-order valence-electron chi connectivity index (χ2n) is 2.34. The largest absolute Gasteiger partial charge is 0.327 e. The Balaban J connectivity index is 3.09. The Morgan fingerprint density at radius 1 is 0.929 bits per heavy atom. The summed E-state index contributed by atoms with van der Waals surface area (Å²) >= 11 is 11.6. The van der Waals surface area contributed by atoms with Crippen molar-refractivity contribution in [2.75, 3.05) is 10.6 Å². The Hall–Kier alpha value is -1.26. The molecule has 0 aromatic heterocycles. The van der Waals surface area contributed by atoms with Gasteiger partial charge >= 0.3 is 0 Å². The molecule has 0 saturated carbocycles. The van der Waals surface area contributed by atoms with Crippen molar-refractivity contribution in [2.45, 2.75) is 0 Å². The molecule has 0 atom stereocenters. The molecular formula is C8H6Cl2N2O2. The lowest BCUT2D eigenvalue weighted by Crippen LogP contribution is -1.98. The van der Waals surface area contributed by atoms with Gasteiger partial charge in [0.25, 0.3) is 0 Å². The molecule has 2 N–H and O–H groups in total. The minimum Gasteiger partial charge on any atom is -0.327 e. The molecule has 6 heteroatoms. The summed E-state index contributed by atoms with van der Waals surface area (Å²) in [6.07, 6.45) is 0.981. The van der Waals surface area contributed by atoms with Crippen LogP contribution in [0.2, 0.25) is 10.0 Å². The zero-order valence-electron chi connectivity index (χ0n) is 6.88. The van der Waals surface area contributed by atoms with E-state index in [0.717, 1.165) is 0 Å². The summed E-state index contributed by atoms with van der Waals surface area (Å²) in [5, 5.41) is 5.34. The van der Waals surface area contributed by atoms with Crippen molar-refractivity contribution in [1.29, 1.82) is 0 Å². The third kappa shape index (κ3) is 2.37. The van der Waals surface area contributed by atoms with Gasteiger partial charge in [0.05, 0.1) is 21.4 Å². The third-order valence-electron chi connectivity index (χ3n) is 1.49. The molecule has 1 aromatic rings. The van der Waals surface area contributed by atoms with E-state index >= 15 is 0 Å². The van der Waals surface area contributed by atoms with E-state index < -0.39 is 0 Å². The van der Waals surface area contributed by atoms with Crippen molar-refractivity contribution < 1.29 is 9.59 Å². The topological polar surface area (TPSA) is 58.2 Å². The van der Waals surface area contributed by atoms with Crippen LogP contribution in [-0.4, -0.2) is 12.8 Å². The van der Waals surface area contributed by atoms with Gasteiger partial charge in [-0.3, -0.25) is 9.59 Å². The predicted octanol–water partition coefficient (Wildman–Crippen LogP) is 2.13. The molecule has 0 aliphatic carbocycles. The first kappa shape index (κ1) is 10.8. The maximum absolute atomic E-state index is 10.2. The Kier molecular flexibility index (Phi) is 3.73. The first-order valence-electron chi connectivity index (χ1n) is 3.58. The third-order valence-corrected chi connectivity index (χ3v) is 2.11. The fourth-order valence-electron chi connectivity index (χ4n) is 0.895. The van der Waals surface area contributed by atoms with Crippen LogP contribution in [0.3, 0.4) is 0 Å². The molecule has 0 saturated heterocycles. The molecule has 0 unspecified atom stereocenters. The average Bonchev–Trinajstić information content (AvgIpc) is 2.14. The van der Waals surface area contributed by atoms with Crippen molar-refractivity contribution in [1.82, 2.24) is 0 Å². The zero-order chi connectivity index (χ0) is 10.6. The molecule has 0 fully saturated rings. The van der Waals surface area contributed by atoms with Gasteiger partial charge in [-0.1, -0.05) is 23.2 Å². The normalized spacial score (nSPS) is 9.29. The number of halogens is 2. The molecule has 1 rings (SSSR count). The van der Waals surface area contributed by atoms with Crippen LogP contribution in [0.1, 0.15) is 0 Å². The number of anilines is 2. The quantitative estimate of drug-likeness (QED) is 0.782. The smallest absolute Gasteiger partial charge is 0.211 e. The van der Waals surface area contributed by atoms with Crippen molar-refractivity contribution in [3.63, 3.8) is 0 Å². The van der Waals surface area contributed by atoms with E-state index in [1.807, 2.05) is 0 Å². The summed E-state index contributed by atoms with van der Waals surface area (Å²) in [5.41, 5.74) is 0.784. The van der Waals surface area contributed by atoms with Crippen LogP contribution in [0.4, 0.5) is 11.4 Å². The summed E-state index contributed by atoms with van der Waals surface area (Å²) in [5.74, 6) is 0. The number of amides is 2. The number of carbonyl (C=O) groups excluding carboxylic acids is 2. The van der Waals surface area contributed by atoms with Crippen LogP contribution < -0.4 is 10.6 Å². The van der Waals surface area contributed by atoms with E-state index in [9.17, 15) is 9.59 Å². The van der Waals surface area contributed by atoms with Crippen LogP contribution >= 0.6 is 23.2 Å². The highest BCUT2D eigenvalue weighted by atomic mass is 35.5. The minimum atomic E-state index is 0.297. The van der Waals surface area contributed by atoms with Crippen LogP contribution in [-0.2, 0) is 9.59 Å². The molecule has 0 bridgehead atoms. The number of nitrogens with one attached hydrogen (secondary N) is 2. The van der Waals surface area contributed by atoms with E-state index in [2.05, 4.69) is 10.6 Å². The van der Waals surface area contributed by atoms with E-state index in [0.29, 0.717) is 34.2 Å². The lowest BCUT2D eigenvalue weighted by atomic mass is 10.3. The highest BCUT2D eigenvalue weighted by molar-refractivity contribution is 6.37. The summed E-state index contributed by atoms with van der Waals surface area (Å²) in [6.45, 7) is 0. The Labute approximate surface area is 90.2 Å². The van der Waals surface area contributed by atoms with E-state index in [4.69, 9.17) is 23.2 Å². The lowest BCUT2D eigenvalue weighted by Gasteiger charge is -2.07. The molecule has 0 heterocycles. The zero-order valence-corrected chi connectivity index (χ0v) is 8.39. The predicted molar refractivity (Wildman–Crippen MR) is 55.8 cm³/mol. The fourth-order valence-corrected chi connectivity index (χ4v) is 1.33. The monoisotopic (exact) mass is 232 g/mol. The molecule has 4 nitrogen and oxygen atoms in total. The van der Waals surface area contributed by atoms with Crippen molar-refractivity contribution >= 4 is 47.4 Å². The SMILES string of the molecule is O=CNc1cc(Cl)c(NC=O)cc1Cl. The number of hydrogen-bond acceptors (Lipinski definition) is 2. The molecule has 1 aromatic carbocycles. The second kappa shape index (κ2) is 4.83. The molecule has 74 valence electrons. The number of rotatable bonds is 4. The van der Waals surface area contributed by atoms with Crippen LogP contribution in [0.15, 0.2) is 12.1 Å². The standard InChI is InChI=1S/C8H6Cl2N2O2/c9-5-1-7(11-3-13)6(10)2-8(5)12-4-14/h1-4H,(H,11,13)(H,12,14). The van der Waals surface area contributed by atoms with Gasteiger partial charge in [0.1, 0.15) is 0 Å². The number of benzene rings is 1. The van der Waals surface area contributed by atoms with Crippen LogP contribution in [0.5, 0.6) is 0 Å². The summed E-state index contributed by atoms with van der Waals surface area (Å²) in [4.78, 5) is 20.3. The van der Waals surface area contributed by atoms with Crippen molar-refractivity contribution in [2.24, 2.45) is 0 Å². The number of carbonyl (C=O) groups is 2. The van der Waals surface area contributed by atoms with E-state index in [-0.39, 0.29) is 0 Å². The maximum atomic E-state index is 10.2. The summed E-state index contributed by atoms with van der Waals surface area (Å²) in [6, 6.07) is 2.90. The minimum absolute atomic E-state index is 0.297. The van der Waals surface area contributed by atoms with Crippen LogP contribution in [0, 0.1) is 0 Å². The Bertz CT molecular complexity index is 333. The van der Waals surface area contributed by atoms with Gasteiger partial charge in [-0.25, -0.2) is 0 Å². The van der Waals surface area contributed by atoms with Gasteiger partial charge in [-0.15, -0.1) is 0 Å². The summed E-state index contributed by atoms with van der Waals surface area (Å²) < 4.78 is 0. The van der Waals surface area contributed by atoms with Crippen LogP contribution in [0.25, 0.3) is 0 Å². The summed E-state index contributed by atoms with van der Waals surface area (Å²) in [7, 11) is 0. The second-order valence-corrected chi connectivity index (χ2v) is 3.15. The van der Waals surface area contributed by atoms with Gasteiger partial charge in [0.2, 0.25) is 12.8 Å². The van der Waals surface area contributed by atoms with E-state index in [1.165, 1.54) is 12.1 Å². The molecule has 0 radical (unpaired) electrons. The van der Waals surface area contributed by atoms with Gasteiger partial charge in [-0.05, 0) is 12.1 Å².